The fourth-order valence-electron chi connectivity index (χ4n) is 2.70. The van der Waals surface area contributed by atoms with Crippen molar-refractivity contribution in [3.63, 3.8) is 0 Å². The number of hydrogen-bond donors (Lipinski definition) is 2. The first-order valence-corrected chi connectivity index (χ1v) is 9.02. The fraction of sp³-hybridized carbons (Fsp3) is 0.316. The van der Waals surface area contributed by atoms with Crippen LogP contribution in [0.2, 0.25) is 5.02 Å². The summed E-state index contributed by atoms with van der Waals surface area (Å²) in [6.07, 6.45) is 0. The highest BCUT2D eigenvalue weighted by Gasteiger charge is 2.17. The second-order valence-corrected chi connectivity index (χ2v) is 6.33. The van der Waals surface area contributed by atoms with Crippen molar-refractivity contribution >= 4 is 34.6 Å². The zero-order valence-electron chi connectivity index (χ0n) is 14.1. The zero-order chi connectivity index (χ0) is 17.4. The number of rotatable bonds is 7. The molecule has 2 aromatic carbocycles. The molecule has 2 aromatic rings. The maximum atomic E-state index is 5.90. The van der Waals surface area contributed by atoms with Gasteiger partial charge in [-0.3, -0.25) is 4.90 Å². The van der Waals surface area contributed by atoms with Gasteiger partial charge in [0.05, 0.1) is 6.04 Å². The summed E-state index contributed by atoms with van der Waals surface area (Å²) in [5.74, 6) is 0. The Bertz CT molecular complexity index is 627. The predicted octanol–water partition coefficient (Wildman–Crippen LogP) is 4.71. The van der Waals surface area contributed by atoms with Gasteiger partial charge in [0, 0.05) is 17.3 Å². The third kappa shape index (κ3) is 5.48. The number of nitrogens with zero attached hydrogens (tertiary/aromatic N) is 1. The van der Waals surface area contributed by atoms with E-state index in [1.165, 1.54) is 5.56 Å². The van der Waals surface area contributed by atoms with E-state index in [-0.39, 0.29) is 6.04 Å². The molecular formula is C19H24ClN3S. The van der Waals surface area contributed by atoms with E-state index in [0.717, 1.165) is 25.3 Å². The first-order valence-electron chi connectivity index (χ1n) is 8.23. The van der Waals surface area contributed by atoms with Crippen LogP contribution in [0, 0.1) is 0 Å². The van der Waals surface area contributed by atoms with Gasteiger partial charge in [-0.2, -0.15) is 0 Å². The molecule has 0 aliphatic heterocycles. The zero-order valence-corrected chi connectivity index (χ0v) is 15.7. The molecule has 0 fully saturated rings. The van der Waals surface area contributed by atoms with Gasteiger partial charge in [-0.25, -0.2) is 0 Å². The number of benzene rings is 2. The van der Waals surface area contributed by atoms with Gasteiger partial charge in [-0.1, -0.05) is 55.8 Å². The summed E-state index contributed by atoms with van der Waals surface area (Å²) in [4.78, 5) is 2.42. The molecule has 24 heavy (non-hydrogen) atoms. The molecule has 2 N–H and O–H groups in total. The van der Waals surface area contributed by atoms with E-state index in [0.29, 0.717) is 10.1 Å². The molecule has 5 heteroatoms. The molecule has 128 valence electrons. The van der Waals surface area contributed by atoms with E-state index in [4.69, 9.17) is 23.8 Å². The molecule has 0 bridgehead atoms. The molecule has 3 nitrogen and oxygen atoms in total. The van der Waals surface area contributed by atoms with Gasteiger partial charge in [0.15, 0.2) is 5.11 Å². The first-order chi connectivity index (χ1) is 11.6. The lowest BCUT2D eigenvalue weighted by atomic mass is 10.1. The smallest absolute Gasteiger partial charge is 0.170 e. The third-order valence-electron chi connectivity index (χ3n) is 4.00. The van der Waals surface area contributed by atoms with Crippen LogP contribution in [0.5, 0.6) is 0 Å². The minimum Gasteiger partial charge on any atom is -0.361 e. The lowest BCUT2D eigenvalue weighted by Crippen LogP contribution is -2.39. The third-order valence-corrected chi connectivity index (χ3v) is 4.49. The molecule has 0 amide bonds. The molecule has 0 radical (unpaired) electrons. The van der Waals surface area contributed by atoms with Crippen molar-refractivity contribution in [2.75, 3.05) is 25.0 Å². The van der Waals surface area contributed by atoms with Crippen LogP contribution >= 0.6 is 23.8 Å². The summed E-state index contributed by atoms with van der Waals surface area (Å²) in [6, 6.07) is 18.3. The lowest BCUT2D eigenvalue weighted by molar-refractivity contribution is 0.219. The highest BCUT2D eigenvalue weighted by Crippen LogP contribution is 2.19. The van der Waals surface area contributed by atoms with Crippen molar-refractivity contribution < 1.29 is 0 Å². The Morgan fingerprint density at radius 3 is 2.25 bits per heavy atom. The van der Waals surface area contributed by atoms with Crippen molar-refractivity contribution in [2.24, 2.45) is 0 Å². The molecule has 2 rings (SSSR count). The molecule has 0 unspecified atom stereocenters. The molecule has 0 aromatic heterocycles. The molecule has 0 heterocycles. The second kappa shape index (κ2) is 9.62. The highest BCUT2D eigenvalue weighted by molar-refractivity contribution is 7.80. The maximum Gasteiger partial charge on any atom is 0.170 e. The van der Waals surface area contributed by atoms with Crippen molar-refractivity contribution in [3.8, 4) is 0 Å². The number of likely N-dealkylation sites (N-methyl/N-ethyl adjacent to an activating group) is 1. The minimum atomic E-state index is 0.283. The Morgan fingerprint density at radius 1 is 1.04 bits per heavy atom. The molecule has 0 spiro atoms. The summed E-state index contributed by atoms with van der Waals surface area (Å²) in [5, 5.41) is 7.86. The average Bonchev–Trinajstić information content (AvgIpc) is 2.61. The van der Waals surface area contributed by atoms with Gasteiger partial charge in [-0.05, 0) is 55.1 Å². The van der Waals surface area contributed by atoms with E-state index >= 15 is 0 Å². The number of hydrogen-bond acceptors (Lipinski definition) is 2. The van der Waals surface area contributed by atoms with E-state index in [1.54, 1.807) is 0 Å². The predicted molar refractivity (Wildman–Crippen MR) is 108 cm³/mol. The van der Waals surface area contributed by atoms with Gasteiger partial charge >= 0.3 is 0 Å². The molecule has 0 saturated carbocycles. The summed E-state index contributed by atoms with van der Waals surface area (Å²) in [6.45, 7) is 7.11. The Labute approximate surface area is 155 Å². The van der Waals surface area contributed by atoms with Crippen molar-refractivity contribution in [3.05, 3.63) is 65.2 Å². The van der Waals surface area contributed by atoms with Crippen LogP contribution in [-0.2, 0) is 0 Å². The minimum absolute atomic E-state index is 0.283. The Kier molecular flexibility index (Phi) is 7.50. The quantitative estimate of drug-likeness (QED) is 0.698. The Hall–Kier alpha value is -1.62. The topological polar surface area (TPSA) is 27.3 Å². The van der Waals surface area contributed by atoms with Gasteiger partial charge in [0.1, 0.15) is 0 Å². The van der Waals surface area contributed by atoms with E-state index in [9.17, 15) is 0 Å². The largest absolute Gasteiger partial charge is 0.361 e. The van der Waals surface area contributed by atoms with Crippen molar-refractivity contribution in [1.82, 2.24) is 10.2 Å². The van der Waals surface area contributed by atoms with Crippen LogP contribution in [0.3, 0.4) is 0 Å². The lowest BCUT2D eigenvalue weighted by Gasteiger charge is -2.30. The standard InChI is InChI=1S/C19H24ClN3S/c1-3-23(4-2)18(15-8-6-5-7-9-15)14-21-19(24)22-17-12-10-16(20)11-13-17/h5-13,18H,3-4,14H2,1-2H3,(H2,21,22,24)/t18-/m0/s1. The number of nitrogens with one attached hydrogen (secondary N) is 2. The maximum absolute atomic E-state index is 5.90. The van der Waals surface area contributed by atoms with Crippen LogP contribution in [0.25, 0.3) is 0 Å². The monoisotopic (exact) mass is 361 g/mol. The fourth-order valence-corrected chi connectivity index (χ4v) is 3.02. The number of halogens is 1. The van der Waals surface area contributed by atoms with Crippen LogP contribution in [0.1, 0.15) is 25.5 Å². The Balaban J connectivity index is 1.99. The SMILES string of the molecule is CCN(CC)[C@@H](CNC(=S)Nc1ccc(Cl)cc1)c1ccccc1. The van der Waals surface area contributed by atoms with Gasteiger partial charge in [-0.15, -0.1) is 0 Å². The van der Waals surface area contributed by atoms with Crippen LogP contribution in [-0.4, -0.2) is 29.6 Å². The number of thiocarbonyl (C=S) groups is 1. The summed E-state index contributed by atoms with van der Waals surface area (Å²) in [5.41, 5.74) is 2.22. The summed E-state index contributed by atoms with van der Waals surface area (Å²) in [7, 11) is 0. The van der Waals surface area contributed by atoms with E-state index < -0.39 is 0 Å². The van der Waals surface area contributed by atoms with Crippen molar-refractivity contribution in [2.45, 2.75) is 19.9 Å². The van der Waals surface area contributed by atoms with Crippen LogP contribution < -0.4 is 10.6 Å². The first kappa shape index (κ1) is 18.7. The van der Waals surface area contributed by atoms with Gasteiger partial charge in [0.25, 0.3) is 0 Å². The van der Waals surface area contributed by atoms with Crippen LogP contribution in [0.15, 0.2) is 54.6 Å². The normalized spacial score (nSPS) is 12.0. The molecular weight excluding hydrogens is 338 g/mol. The van der Waals surface area contributed by atoms with E-state index in [1.807, 2.05) is 30.3 Å². The summed E-state index contributed by atoms with van der Waals surface area (Å²) >= 11 is 11.3. The molecule has 1 atom stereocenters. The van der Waals surface area contributed by atoms with Gasteiger partial charge < -0.3 is 10.6 Å². The van der Waals surface area contributed by atoms with Gasteiger partial charge in [0.2, 0.25) is 0 Å². The molecule has 0 saturated heterocycles. The van der Waals surface area contributed by atoms with E-state index in [2.05, 4.69) is 53.6 Å². The Morgan fingerprint density at radius 2 is 1.67 bits per heavy atom. The van der Waals surface area contributed by atoms with Crippen LogP contribution in [0.4, 0.5) is 5.69 Å². The molecule has 0 aliphatic rings. The highest BCUT2D eigenvalue weighted by atomic mass is 35.5. The summed E-state index contributed by atoms with van der Waals surface area (Å²) < 4.78 is 0. The number of anilines is 1. The average molecular weight is 362 g/mol. The second-order valence-electron chi connectivity index (χ2n) is 5.49. The molecule has 0 aliphatic carbocycles. The van der Waals surface area contributed by atoms with Crippen molar-refractivity contribution in [1.29, 1.82) is 0 Å².